The molecule has 0 radical (unpaired) electrons. The molecule has 0 aliphatic carbocycles. The number of thiophene rings is 1. The van der Waals surface area contributed by atoms with Gasteiger partial charge in [-0.2, -0.15) is 0 Å². The Morgan fingerprint density at radius 1 is 1.41 bits per heavy atom. The molecule has 2 nitrogen and oxygen atoms in total. The van der Waals surface area contributed by atoms with Gasteiger partial charge in [0, 0.05) is 11.5 Å². The monoisotopic (exact) mass is 284 g/mol. The molecule has 2 rings (SSSR count). The maximum Gasteiger partial charge on any atom is 0.133 e. The molecule has 17 heavy (non-hydrogen) atoms. The second kappa shape index (κ2) is 4.88. The van der Waals surface area contributed by atoms with Gasteiger partial charge in [-0.3, -0.25) is 0 Å². The third-order valence-electron chi connectivity index (χ3n) is 2.54. The van der Waals surface area contributed by atoms with Gasteiger partial charge >= 0.3 is 0 Å². The number of halogens is 1. The Kier molecular flexibility index (Phi) is 3.66. The highest BCUT2D eigenvalue weighted by atomic mass is 35.5. The van der Waals surface area contributed by atoms with Crippen LogP contribution in [0.15, 0.2) is 12.1 Å². The molecule has 2 heterocycles. The lowest BCUT2D eigenvalue weighted by molar-refractivity contribution is 0.770. The fourth-order valence-electron chi connectivity index (χ4n) is 1.52. The summed E-state index contributed by atoms with van der Waals surface area (Å²) in [5.41, 5.74) is 2.04. The molecular weight excluding hydrogens is 272 g/mol. The van der Waals surface area contributed by atoms with Crippen LogP contribution >= 0.6 is 35.2 Å². The Labute approximate surface area is 115 Å². The zero-order chi connectivity index (χ0) is 12.6. The lowest BCUT2D eigenvalue weighted by Gasteiger charge is -2.10. The molecule has 1 N–H and O–H groups in total. The molecule has 0 aliphatic rings. The average Bonchev–Trinajstić information content (AvgIpc) is 2.68. The highest BCUT2D eigenvalue weighted by Gasteiger charge is 2.11. The third-order valence-corrected chi connectivity index (χ3v) is 4.18. The third kappa shape index (κ3) is 2.59. The predicted molar refractivity (Wildman–Crippen MR) is 76.6 cm³/mol. The first-order chi connectivity index (χ1) is 7.99. The number of nitrogens with one attached hydrogen (secondary N) is 1. The zero-order valence-electron chi connectivity index (χ0n) is 9.87. The second-order valence-corrected chi connectivity index (χ2v) is 6.29. The van der Waals surface area contributed by atoms with Crippen LogP contribution in [0, 0.1) is 11.6 Å². The van der Waals surface area contributed by atoms with E-state index < -0.39 is 0 Å². The minimum Gasteiger partial charge on any atom is -0.342 e. The van der Waals surface area contributed by atoms with Gasteiger partial charge in [0.15, 0.2) is 0 Å². The lowest BCUT2D eigenvalue weighted by atomic mass is 10.1. The van der Waals surface area contributed by atoms with E-state index in [0.717, 1.165) is 26.3 Å². The van der Waals surface area contributed by atoms with E-state index in [1.807, 2.05) is 19.1 Å². The summed E-state index contributed by atoms with van der Waals surface area (Å²) in [4.78, 5) is 8.85. The van der Waals surface area contributed by atoms with Crippen molar-refractivity contribution >= 4 is 35.2 Å². The van der Waals surface area contributed by atoms with Crippen molar-refractivity contribution in [3.63, 3.8) is 0 Å². The first-order valence-electron chi connectivity index (χ1n) is 5.35. The van der Waals surface area contributed by atoms with Gasteiger partial charge in [0.25, 0.3) is 0 Å². The smallest absolute Gasteiger partial charge is 0.133 e. The van der Waals surface area contributed by atoms with E-state index in [-0.39, 0.29) is 0 Å². The van der Waals surface area contributed by atoms with E-state index in [0.29, 0.717) is 10.6 Å². The number of hydrogen-bond acceptors (Lipinski definition) is 3. The Morgan fingerprint density at radius 3 is 2.65 bits per heavy atom. The molecule has 2 aromatic rings. The molecule has 0 saturated heterocycles. The van der Waals surface area contributed by atoms with Crippen molar-refractivity contribution in [1.82, 2.24) is 9.97 Å². The SMILES string of the molecule is Cc1c(-c2ccc(Cl)s2)[nH]c(C(C)C)nc1=S. The minimum absolute atomic E-state index is 0.325. The van der Waals surface area contributed by atoms with Crippen LogP contribution < -0.4 is 0 Å². The largest absolute Gasteiger partial charge is 0.342 e. The molecule has 0 bridgehead atoms. The van der Waals surface area contributed by atoms with Gasteiger partial charge < -0.3 is 4.98 Å². The number of rotatable bonds is 2. The molecule has 0 aliphatic heterocycles. The van der Waals surface area contributed by atoms with Gasteiger partial charge in [-0.1, -0.05) is 37.7 Å². The van der Waals surface area contributed by atoms with E-state index in [1.54, 1.807) is 11.3 Å². The summed E-state index contributed by atoms with van der Waals surface area (Å²) in [5.74, 6) is 1.24. The van der Waals surface area contributed by atoms with Gasteiger partial charge in [0.2, 0.25) is 0 Å². The summed E-state index contributed by atoms with van der Waals surface area (Å²) >= 11 is 12.8. The molecule has 0 fully saturated rings. The van der Waals surface area contributed by atoms with E-state index >= 15 is 0 Å². The van der Waals surface area contributed by atoms with E-state index in [2.05, 4.69) is 23.8 Å². The molecule has 2 aromatic heterocycles. The molecule has 0 aromatic carbocycles. The predicted octanol–water partition coefficient (Wildman–Crippen LogP) is 4.95. The Balaban J connectivity index is 2.64. The first-order valence-corrected chi connectivity index (χ1v) is 6.96. The molecular formula is C12H13ClN2S2. The van der Waals surface area contributed by atoms with Crippen LogP contribution in [0.4, 0.5) is 0 Å². The Morgan fingerprint density at radius 2 is 2.12 bits per heavy atom. The van der Waals surface area contributed by atoms with E-state index in [4.69, 9.17) is 23.8 Å². The lowest BCUT2D eigenvalue weighted by Crippen LogP contribution is -2.01. The number of hydrogen-bond donors (Lipinski definition) is 1. The van der Waals surface area contributed by atoms with Gasteiger partial charge in [-0.15, -0.1) is 11.3 Å². The van der Waals surface area contributed by atoms with Crippen LogP contribution in [0.1, 0.15) is 31.2 Å². The van der Waals surface area contributed by atoms with Crippen LogP contribution in [0.3, 0.4) is 0 Å². The fourth-order valence-corrected chi connectivity index (χ4v) is 2.82. The van der Waals surface area contributed by atoms with Crippen molar-refractivity contribution in [3.05, 3.63) is 32.5 Å². The molecule has 5 heteroatoms. The molecule has 0 unspecified atom stereocenters. The summed E-state index contributed by atoms with van der Waals surface area (Å²) in [7, 11) is 0. The molecule has 90 valence electrons. The molecule has 0 saturated carbocycles. The van der Waals surface area contributed by atoms with Crippen molar-refractivity contribution in [2.24, 2.45) is 0 Å². The number of H-pyrrole nitrogens is 1. The van der Waals surface area contributed by atoms with Crippen molar-refractivity contribution < 1.29 is 0 Å². The zero-order valence-corrected chi connectivity index (χ0v) is 12.3. The summed E-state index contributed by atoms with van der Waals surface area (Å²) < 4.78 is 1.44. The van der Waals surface area contributed by atoms with Crippen molar-refractivity contribution in [3.8, 4) is 10.6 Å². The minimum atomic E-state index is 0.325. The normalized spacial score (nSPS) is 11.1. The van der Waals surface area contributed by atoms with Gasteiger partial charge in [0.1, 0.15) is 10.5 Å². The van der Waals surface area contributed by atoms with Crippen LogP contribution in [-0.4, -0.2) is 9.97 Å². The summed E-state index contributed by atoms with van der Waals surface area (Å²) in [6, 6.07) is 3.90. The van der Waals surface area contributed by atoms with E-state index in [9.17, 15) is 0 Å². The van der Waals surface area contributed by atoms with Gasteiger partial charge in [-0.25, -0.2) is 4.98 Å². The summed E-state index contributed by atoms with van der Waals surface area (Å²) in [6.07, 6.45) is 0. The standard InChI is InChI=1S/C12H13ClN2S2/c1-6(2)11-14-10(7(3)12(16)15-11)8-4-5-9(13)17-8/h4-6H,1-3H3,(H,14,15,16). The highest BCUT2D eigenvalue weighted by molar-refractivity contribution is 7.71. The number of aromatic amines is 1. The molecule has 0 spiro atoms. The Hall–Kier alpha value is -0.710. The summed E-state index contributed by atoms with van der Waals surface area (Å²) in [6.45, 7) is 6.17. The van der Waals surface area contributed by atoms with Crippen molar-refractivity contribution in [1.29, 1.82) is 0 Å². The van der Waals surface area contributed by atoms with Crippen molar-refractivity contribution in [2.75, 3.05) is 0 Å². The van der Waals surface area contributed by atoms with Crippen LogP contribution in [-0.2, 0) is 0 Å². The topological polar surface area (TPSA) is 28.7 Å². The maximum absolute atomic E-state index is 5.97. The Bertz CT molecular complexity index is 599. The van der Waals surface area contributed by atoms with Crippen LogP contribution in [0.2, 0.25) is 4.34 Å². The average molecular weight is 285 g/mol. The van der Waals surface area contributed by atoms with E-state index in [1.165, 1.54) is 0 Å². The van der Waals surface area contributed by atoms with Crippen LogP contribution in [0.25, 0.3) is 10.6 Å². The van der Waals surface area contributed by atoms with Gasteiger partial charge in [-0.05, 0) is 19.1 Å². The number of aromatic nitrogens is 2. The second-order valence-electron chi connectivity index (χ2n) is 4.19. The quantitative estimate of drug-likeness (QED) is 0.790. The highest BCUT2D eigenvalue weighted by Crippen LogP contribution is 2.32. The van der Waals surface area contributed by atoms with Gasteiger partial charge in [0.05, 0.1) is 14.9 Å². The maximum atomic E-state index is 5.97. The van der Waals surface area contributed by atoms with Crippen molar-refractivity contribution in [2.45, 2.75) is 26.7 Å². The molecule has 0 atom stereocenters. The first kappa shape index (κ1) is 12.7. The summed E-state index contributed by atoms with van der Waals surface area (Å²) in [5, 5.41) is 0. The molecule has 0 amide bonds. The van der Waals surface area contributed by atoms with Crippen LogP contribution in [0.5, 0.6) is 0 Å². The fraction of sp³-hybridized carbons (Fsp3) is 0.333. The number of nitrogens with zero attached hydrogens (tertiary/aromatic N) is 1.